The van der Waals surface area contributed by atoms with Gasteiger partial charge in [0.2, 0.25) is 0 Å². The number of fused-ring (bicyclic) bond motifs is 1. The fraction of sp³-hybridized carbons (Fsp3) is 0.391. The summed E-state index contributed by atoms with van der Waals surface area (Å²) >= 11 is 0. The predicted octanol–water partition coefficient (Wildman–Crippen LogP) is 1.62. The molecule has 1 aliphatic carbocycles. The van der Waals surface area contributed by atoms with Crippen LogP contribution in [0.2, 0.25) is 0 Å². The summed E-state index contributed by atoms with van der Waals surface area (Å²) in [5, 5.41) is 38.6. The number of ether oxygens (including phenoxy) is 2. The lowest BCUT2D eigenvalue weighted by molar-refractivity contribution is -0.878. The smallest absolute Gasteiger partial charge is 0.189 e. The molecule has 1 aromatic rings. The van der Waals surface area contributed by atoms with Crippen LogP contribution >= 0.6 is 0 Å². The van der Waals surface area contributed by atoms with E-state index >= 15 is 0 Å². The topological polar surface area (TPSA) is 118 Å². The first-order valence-electron chi connectivity index (χ1n) is 9.71. The van der Waals surface area contributed by atoms with Gasteiger partial charge in [0.05, 0.1) is 51.2 Å². The highest BCUT2D eigenvalue weighted by atomic mass is 16.5. The molecule has 2 N–H and O–H groups in total. The van der Waals surface area contributed by atoms with Crippen molar-refractivity contribution in [1.82, 2.24) is 0 Å². The molecule has 3 rings (SSSR count). The highest BCUT2D eigenvalue weighted by molar-refractivity contribution is 6.00. The minimum atomic E-state index is -1.73. The summed E-state index contributed by atoms with van der Waals surface area (Å²) in [5.74, 6) is -0.635. The molecule has 4 atom stereocenters. The fourth-order valence-electron chi connectivity index (χ4n) is 4.58. The van der Waals surface area contributed by atoms with Crippen molar-refractivity contribution in [1.29, 1.82) is 21.2 Å². The van der Waals surface area contributed by atoms with Crippen molar-refractivity contribution >= 4 is 5.71 Å². The molecule has 2 unspecified atom stereocenters. The summed E-state index contributed by atoms with van der Waals surface area (Å²) in [4.78, 5) is 1.22. The zero-order chi connectivity index (χ0) is 21.9. The van der Waals surface area contributed by atoms with Crippen molar-refractivity contribution in [2.45, 2.75) is 5.92 Å². The quantitative estimate of drug-likeness (QED) is 0.726. The van der Waals surface area contributed by atoms with Crippen molar-refractivity contribution in [2.24, 2.45) is 17.3 Å². The van der Waals surface area contributed by atoms with Crippen LogP contribution in [-0.2, 0) is 0 Å². The number of quaternary nitrogens is 1. The van der Waals surface area contributed by atoms with E-state index in [1.165, 1.54) is 12.0 Å². The molecule has 1 fully saturated rings. The van der Waals surface area contributed by atoms with E-state index in [2.05, 4.69) is 24.8 Å². The van der Waals surface area contributed by atoms with Crippen LogP contribution in [0.4, 0.5) is 0 Å². The van der Waals surface area contributed by atoms with Crippen molar-refractivity contribution in [2.75, 3.05) is 33.9 Å². The number of hydrogen-bond donors (Lipinski definition) is 2. The lowest BCUT2D eigenvalue weighted by atomic mass is 9.54. The van der Waals surface area contributed by atoms with Gasteiger partial charge in [-0.3, -0.25) is 0 Å². The van der Waals surface area contributed by atoms with Crippen molar-refractivity contribution in [3.8, 4) is 29.7 Å². The zero-order valence-electron chi connectivity index (χ0n) is 17.1. The first kappa shape index (κ1) is 21.1. The molecular formula is C23H24N5O2+. The van der Waals surface area contributed by atoms with Crippen molar-refractivity contribution in [3.63, 3.8) is 0 Å². The Bertz CT molecular complexity index is 1010. The third-order valence-corrected chi connectivity index (χ3v) is 5.98. The Labute approximate surface area is 176 Å². The third-order valence-electron chi connectivity index (χ3n) is 5.98. The third kappa shape index (κ3) is 3.22. The molecule has 0 bridgehead atoms. The maximum absolute atomic E-state index is 10.1. The van der Waals surface area contributed by atoms with Gasteiger partial charge in [-0.15, -0.1) is 0 Å². The van der Waals surface area contributed by atoms with Crippen molar-refractivity contribution < 1.29 is 14.4 Å². The Morgan fingerprint density at radius 1 is 1.30 bits per heavy atom. The van der Waals surface area contributed by atoms with Gasteiger partial charge in [-0.2, -0.15) is 15.8 Å². The van der Waals surface area contributed by atoms with E-state index in [0.717, 1.165) is 12.1 Å². The standard InChI is InChI=1S/C23H23N5O2/c1-4-9-30-19-6-5-15(10-20(19)29-3)21-18-12-28(2)8-7-16(18)17(11-24)22(27)23(21,13-25)14-26/h4-7,10,17-18,21,27H,1,8-9,12H2,2-3H3/p+1/t17?,18-,21+/m1/s1. The van der Waals surface area contributed by atoms with Crippen LogP contribution in [-0.4, -0.2) is 39.6 Å². The monoisotopic (exact) mass is 402 g/mol. The molecule has 0 saturated heterocycles. The number of benzene rings is 1. The lowest BCUT2D eigenvalue weighted by Gasteiger charge is -2.46. The molecule has 1 saturated carbocycles. The fourth-order valence-corrected chi connectivity index (χ4v) is 4.58. The molecule has 1 heterocycles. The van der Waals surface area contributed by atoms with Gasteiger partial charge in [0.25, 0.3) is 0 Å². The molecule has 7 nitrogen and oxygen atoms in total. The van der Waals surface area contributed by atoms with Gasteiger partial charge in [-0.25, -0.2) is 0 Å². The maximum atomic E-state index is 10.1. The van der Waals surface area contributed by atoms with Crippen LogP contribution in [0, 0.1) is 56.7 Å². The summed E-state index contributed by atoms with van der Waals surface area (Å²) < 4.78 is 11.1. The molecule has 2 aliphatic rings. The van der Waals surface area contributed by atoms with Gasteiger partial charge in [0, 0.05) is 11.8 Å². The van der Waals surface area contributed by atoms with Gasteiger partial charge in [-0.05, 0) is 29.3 Å². The Kier molecular flexibility index (Phi) is 5.92. The Balaban J connectivity index is 2.20. The number of likely N-dealkylation sites (N-methyl/N-ethyl adjacent to an activating group) is 1. The SMILES string of the molecule is C=CCOc1ccc([C@H]2[C@@H]3C[NH+](C)CC=C3C(C#N)C(=N)C2(C#N)C#N)cc1OC. The Hall–Kier alpha value is -3.60. The molecular weight excluding hydrogens is 378 g/mol. The van der Waals surface area contributed by atoms with Gasteiger partial charge in [0.1, 0.15) is 12.5 Å². The number of nitrogens with zero attached hydrogens (tertiary/aromatic N) is 3. The van der Waals surface area contributed by atoms with E-state index in [1.54, 1.807) is 18.2 Å². The van der Waals surface area contributed by atoms with Crippen molar-refractivity contribution in [3.05, 3.63) is 48.1 Å². The van der Waals surface area contributed by atoms with E-state index in [9.17, 15) is 15.8 Å². The van der Waals surface area contributed by atoms with Crippen LogP contribution in [0.3, 0.4) is 0 Å². The molecule has 0 spiro atoms. The summed E-state index contributed by atoms with van der Waals surface area (Å²) in [6, 6.07) is 11.7. The van der Waals surface area contributed by atoms with Crippen LogP contribution < -0.4 is 14.4 Å². The molecule has 0 radical (unpaired) electrons. The van der Waals surface area contributed by atoms with Gasteiger partial charge in [-0.1, -0.05) is 18.7 Å². The van der Waals surface area contributed by atoms with Crippen LogP contribution in [0.15, 0.2) is 42.5 Å². The first-order chi connectivity index (χ1) is 14.5. The van der Waals surface area contributed by atoms with E-state index < -0.39 is 17.3 Å². The summed E-state index contributed by atoms with van der Waals surface area (Å²) in [5.41, 5.74) is -0.319. The van der Waals surface area contributed by atoms with E-state index in [4.69, 9.17) is 14.9 Å². The highest BCUT2D eigenvalue weighted by Crippen LogP contribution is 2.53. The van der Waals surface area contributed by atoms with E-state index in [0.29, 0.717) is 30.2 Å². The van der Waals surface area contributed by atoms with Crippen LogP contribution in [0.5, 0.6) is 11.5 Å². The zero-order valence-corrected chi connectivity index (χ0v) is 17.1. The number of rotatable bonds is 5. The number of methoxy groups -OCH3 is 1. The molecule has 0 amide bonds. The molecule has 152 valence electrons. The van der Waals surface area contributed by atoms with Gasteiger partial charge < -0.3 is 19.8 Å². The van der Waals surface area contributed by atoms with Gasteiger partial charge >= 0.3 is 0 Å². The van der Waals surface area contributed by atoms with E-state index in [-0.39, 0.29) is 11.6 Å². The molecule has 0 aromatic heterocycles. The van der Waals surface area contributed by atoms with Gasteiger partial charge in [0.15, 0.2) is 16.9 Å². The molecule has 7 heteroatoms. The second-order valence-electron chi connectivity index (χ2n) is 7.67. The molecule has 1 aliphatic heterocycles. The summed E-state index contributed by atoms with van der Waals surface area (Å²) in [7, 11) is 3.57. The predicted molar refractivity (Wildman–Crippen MR) is 110 cm³/mol. The second kappa shape index (κ2) is 8.41. The maximum Gasteiger partial charge on any atom is 0.189 e. The number of hydrogen-bond acceptors (Lipinski definition) is 6. The van der Waals surface area contributed by atoms with Crippen LogP contribution in [0.25, 0.3) is 0 Å². The first-order valence-corrected chi connectivity index (χ1v) is 9.71. The Morgan fingerprint density at radius 3 is 2.63 bits per heavy atom. The summed E-state index contributed by atoms with van der Waals surface area (Å²) in [6.07, 6.45) is 3.63. The second-order valence-corrected chi connectivity index (χ2v) is 7.67. The average molecular weight is 402 g/mol. The summed E-state index contributed by atoms with van der Waals surface area (Å²) in [6.45, 7) is 5.37. The number of nitrogens with one attached hydrogen (secondary N) is 2. The molecule has 1 aromatic carbocycles. The number of nitriles is 3. The lowest BCUT2D eigenvalue weighted by Crippen LogP contribution is -3.10. The minimum absolute atomic E-state index is 0.145. The highest BCUT2D eigenvalue weighted by Gasteiger charge is 2.58. The largest absolute Gasteiger partial charge is 0.493 e. The van der Waals surface area contributed by atoms with Crippen LogP contribution in [0.1, 0.15) is 11.5 Å². The minimum Gasteiger partial charge on any atom is -0.493 e. The Morgan fingerprint density at radius 2 is 2.03 bits per heavy atom. The average Bonchev–Trinajstić information content (AvgIpc) is 2.77. The van der Waals surface area contributed by atoms with E-state index in [1.807, 2.05) is 19.2 Å². The normalized spacial score (nSPS) is 26.8. The molecule has 30 heavy (non-hydrogen) atoms.